The zero-order chi connectivity index (χ0) is 92.5. The summed E-state index contributed by atoms with van der Waals surface area (Å²) in [5, 5.41) is 7.52. The van der Waals surface area contributed by atoms with Crippen molar-refractivity contribution in [3.05, 3.63) is 476 Å². The normalized spacial score (nSPS) is 13.2. The van der Waals surface area contributed by atoms with Gasteiger partial charge in [-0.3, -0.25) is 9.97 Å². The van der Waals surface area contributed by atoms with E-state index in [2.05, 4.69) is 425 Å². The molecule has 11 nitrogen and oxygen atoms in total. The fraction of sp³-hybridized carbons (Fsp3) is 0.0709. The van der Waals surface area contributed by atoms with E-state index in [0.29, 0.717) is 5.82 Å². The van der Waals surface area contributed by atoms with Crippen molar-refractivity contribution in [3.63, 3.8) is 0 Å². The number of aromatic nitrogens is 11. The SMILES string of the molecule is CC1(C)c2ccccc2-c2nc(-c3cc(-c4ccccn4)cc(-c4ccccn4)c3)nc(-c3ccc(-n4c5ccccc5c5ccccc54)cc3)c21.CC1(C)c2ccccc2-c2nc(-c3ccc(-c4ccccc4)cc3)nc(-c3cccc(-n4c5ccccc5c5ccccc54)c3)c21.CC1(C)c2ccccc2-c2nc(-c3ccccc3)nc(-c3cccc(-n4c5ccccc5c5ccccc54)c3)c21. The molecule has 8 aromatic heterocycles. The molecule has 138 heavy (non-hydrogen) atoms. The Labute approximate surface area is 800 Å². The van der Waals surface area contributed by atoms with Crippen LogP contribution in [0.1, 0.15) is 74.9 Å². The van der Waals surface area contributed by atoms with Crippen molar-refractivity contribution in [2.75, 3.05) is 0 Å². The maximum absolute atomic E-state index is 5.47. The monoisotopic (exact) mass is 1770 g/mol. The molecular weight excluding hydrogens is 1680 g/mol. The van der Waals surface area contributed by atoms with Crippen LogP contribution in [-0.2, 0) is 16.2 Å². The van der Waals surface area contributed by atoms with E-state index in [1.54, 1.807) is 0 Å². The average Bonchev–Trinajstić information content (AvgIpc) is 1.57. The largest absolute Gasteiger partial charge is 0.309 e. The van der Waals surface area contributed by atoms with Gasteiger partial charge in [0.1, 0.15) is 0 Å². The van der Waals surface area contributed by atoms with Crippen LogP contribution in [0, 0.1) is 0 Å². The molecule has 0 bridgehead atoms. The number of hydrogen-bond acceptors (Lipinski definition) is 8. The third-order valence-corrected chi connectivity index (χ3v) is 28.5. The molecule has 654 valence electrons. The van der Waals surface area contributed by atoms with Crippen molar-refractivity contribution < 1.29 is 0 Å². The first-order chi connectivity index (χ1) is 67.7. The Morgan fingerprint density at radius 1 is 0.181 bits per heavy atom. The predicted molar refractivity (Wildman–Crippen MR) is 566 cm³/mol. The number of hydrogen-bond donors (Lipinski definition) is 0. The Morgan fingerprint density at radius 2 is 0.449 bits per heavy atom. The molecule has 0 radical (unpaired) electrons. The standard InChI is InChI=1S/C47H33N5.C43H31N3.C37H27N3/c1-47(2)38-16-6-3-15-37(38)45-43(47)44(30-21-23-34(24-22-30)52-41-19-7-4-13-35(41)36-14-5-8-20-42(36)52)50-46(51-45)33-28-31(39-17-9-11-25-48-39)27-32(29-33)40-18-10-12-26-49-40;1-43(2)36-20-9-6-19-35(36)41-39(43)40(44-42(45-41)30-25-23-29(24-26-30)28-13-4-3-5-14-28)31-15-12-16-32(27-31)46-37-21-10-7-17-33(37)34-18-8-11-22-38(34)46;1-37(2)30-20-9-6-19-29(30)35-33(37)34(38-36(39-35)24-13-4-3-5-14-24)25-15-12-16-26(23-25)40-31-21-10-7-17-27(31)28-18-8-11-22-32(28)40/h3-29H,1-2H3;3-27H,1-2H3;3-23H,1-2H3. The van der Waals surface area contributed by atoms with Crippen LogP contribution in [0.3, 0.4) is 0 Å². The summed E-state index contributed by atoms with van der Waals surface area (Å²) in [5.41, 5.74) is 38.9. The Balaban J connectivity index is 0.000000111. The molecule has 11 heteroatoms. The van der Waals surface area contributed by atoms with E-state index in [1.807, 2.05) is 73.1 Å². The van der Waals surface area contributed by atoms with Gasteiger partial charge in [0.25, 0.3) is 0 Å². The number of para-hydroxylation sites is 6. The molecule has 3 aliphatic rings. The third-order valence-electron chi connectivity index (χ3n) is 28.5. The summed E-state index contributed by atoms with van der Waals surface area (Å²) in [4.78, 5) is 41.4. The topological polar surface area (TPSA) is 118 Å². The van der Waals surface area contributed by atoms with Gasteiger partial charge in [-0.05, 0) is 143 Å². The van der Waals surface area contributed by atoms with Crippen LogP contribution < -0.4 is 0 Å². The smallest absolute Gasteiger partial charge is 0.160 e. The van der Waals surface area contributed by atoms with Gasteiger partial charge in [0.05, 0.1) is 78.7 Å². The Bertz CT molecular complexity index is 8740. The van der Waals surface area contributed by atoms with E-state index in [9.17, 15) is 0 Å². The lowest BCUT2D eigenvalue weighted by atomic mass is 9.81. The minimum Gasteiger partial charge on any atom is -0.309 e. The number of fused-ring (bicyclic) bond motifs is 18. The van der Waals surface area contributed by atoms with E-state index in [1.165, 1.54) is 115 Å². The number of rotatable bonds is 12. The molecule has 0 unspecified atom stereocenters. The first-order valence-electron chi connectivity index (χ1n) is 47.3. The second kappa shape index (κ2) is 33.0. The van der Waals surface area contributed by atoms with Gasteiger partial charge in [0.15, 0.2) is 17.5 Å². The summed E-state index contributed by atoms with van der Waals surface area (Å²) in [5.74, 6) is 2.16. The molecular formula is C127H91N11. The molecule has 0 amide bonds. The van der Waals surface area contributed by atoms with Crippen LogP contribution in [0.25, 0.3) is 218 Å². The van der Waals surface area contributed by atoms with Crippen molar-refractivity contribution in [1.29, 1.82) is 0 Å². The quantitative estimate of drug-likeness (QED) is 0.119. The third kappa shape index (κ3) is 13.7. The van der Waals surface area contributed by atoms with Crippen LogP contribution >= 0.6 is 0 Å². The zero-order valence-corrected chi connectivity index (χ0v) is 77.1. The molecule has 0 saturated heterocycles. The molecule has 8 heterocycles. The van der Waals surface area contributed by atoms with Crippen LogP contribution in [-0.4, -0.2) is 53.6 Å². The fourth-order valence-corrected chi connectivity index (χ4v) is 22.0. The molecule has 16 aromatic carbocycles. The lowest BCUT2D eigenvalue weighted by molar-refractivity contribution is 0.657. The molecule has 3 aliphatic carbocycles. The minimum absolute atomic E-state index is 0.223. The van der Waals surface area contributed by atoms with Crippen LogP contribution in [0.2, 0.25) is 0 Å². The maximum atomic E-state index is 5.47. The van der Waals surface area contributed by atoms with Gasteiger partial charge >= 0.3 is 0 Å². The lowest BCUT2D eigenvalue weighted by Crippen LogP contribution is -2.17. The molecule has 0 spiro atoms. The summed E-state index contributed by atoms with van der Waals surface area (Å²) >= 11 is 0. The van der Waals surface area contributed by atoms with Gasteiger partial charge in [-0.1, -0.05) is 357 Å². The molecule has 27 rings (SSSR count). The predicted octanol–water partition coefficient (Wildman–Crippen LogP) is 31.4. The zero-order valence-electron chi connectivity index (χ0n) is 77.1. The van der Waals surface area contributed by atoms with Gasteiger partial charge in [-0.15, -0.1) is 0 Å². The summed E-state index contributed by atoms with van der Waals surface area (Å²) in [6.45, 7) is 13.8. The molecule has 0 fully saturated rings. The van der Waals surface area contributed by atoms with E-state index in [4.69, 9.17) is 39.9 Å². The van der Waals surface area contributed by atoms with Crippen LogP contribution in [0.4, 0.5) is 0 Å². The molecule has 24 aromatic rings. The highest BCUT2D eigenvalue weighted by molar-refractivity contribution is 6.12. The van der Waals surface area contributed by atoms with Gasteiger partial charge in [-0.2, -0.15) is 0 Å². The first kappa shape index (κ1) is 82.4. The summed E-state index contributed by atoms with van der Waals surface area (Å²) in [6, 6.07) is 152. The number of nitrogens with zero attached hydrogens (tertiary/aromatic N) is 11. The minimum atomic E-state index is -0.291. The summed E-state index contributed by atoms with van der Waals surface area (Å²) in [7, 11) is 0. The summed E-state index contributed by atoms with van der Waals surface area (Å²) in [6.07, 6.45) is 3.66. The molecule has 0 aliphatic heterocycles. The van der Waals surface area contributed by atoms with Crippen molar-refractivity contribution in [3.8, 4) is 152 Å². The van der Waals surface area contributed by atoms with Crippen molar-refractivity contribution in [2.24, 2.45) is 0 Å². The molecule has 0 saturated carbocycles. The summed E-state index contributed by atoms with van der Waals surface area (Å²) < 4.78 is 7.10. The Hall–Kier alpha value is -17.5. The first-order valence-corrected chi connectivity index (χ1v) is 47.3. The van der Waals surface area contributed by atoms with E-state index in [0.717, 1.165) is 130 Å². The van der Waals surface area contributed by atoms with Gasteiger partial charge < -0.3 is 13.7 Å². The highest BCUT2D eigenvalue weighted by atomic mass is 15.0. The molecule has 0 atom stereocenters. The van der Waals surface area contributed by atoms with E-state index < -0.39 is 0 Å². The van der Waals surface area contributed by atoms with Crippen molar-refractivity contribution in [2.45, 2.75) is 57.8 Å². The maximum Gasteiger partial charge on any atom is 0.160 e. The van der Waals surface area contributed by atoms with Crippen molar-refractivity contribution in [1.82, 2.24) is 53.6 Å². The van der Waals surface area contributed by atoms with Gasteiger partial charge in [0.2, 0.25) is 0 Å². The van der Waals surface area contributed by atoms with E-state index >= 15 is 0 Å². The fourth-order valence-electron chi connectivity index (χ4n) is 22.0. The molecule has 0 N–H and O–H groups in total. The second-order valence-corrected chi connectivity index (χ2v) is 37.7. The van der Waals surface area contributed by atoms with Crippen LogP contribution in [0.15, 0.2) is 443 Å². The van der Waals surface area contributed by atoms with Crippen molar-refractivity contribution >= 4 is 65.4 Å². The number of pyridine rings is 2. The van der Waals surface area contributed by atoms with Gasteiger partial charge in [-0.25, -0.2) is 29.9 Å². The van der Waals surface area contributed by atoms with Crippen LogP contribution in [0.5, 0.6) is 0 Å². The number of benzene rings is 16. The Morgan fingerprint density at radius 3 is 0.819 bits per heavy atom. The Kier molecular flexibility index (Phi) is 19.7. The highest BCUT2D eigenvalue weighted by Gasteiger charge is 2.44. The second-order valence-electron chi connectivity index (χ2n) is 37.7. The van der Waals surface area contributed by atoms with E-state index in [-0.39, 0.29) is 16.2 Å². The lowest BCUT2D eigenvalue weighted by Gasteiger charge is -2.24. The average molecular weight is 1770 g/mol. The highest BCUT2D eigenvalue weighted by Crippen LogP contribution is 2.56. The van der Waals surface area contributed by atoms with Gasteiger partial charge in [0, 0.05) is 156 Å².